The number of imidazole rings is 1. The number of aromatic amines is 1. The number of carbonyl (C=O) groups excluding carboxylic acids is 14. The Bertz CT molecular complexity index is 3920. The van der Waals surface area contributed by atoms with Gasteiger partial charge in [-0.1, -0.05) is 130 Å². The number of guanidine groups is 2. The maximum Gasteiger partial charge on any atom is 0.305 e. The van der Waals surface area contributed by atoms with E-state index in [1.54, 1.807) is 6.26 Å². The highest BCUT2D eigenvalue weighted by atomic mass is 32.2. The van der Waals surface area contributed by atoms with E-state index < -0.39 is 169 Å². The van der Waals surface area contributed by atoms with Crippen LogP contribution in [0.15, 0.2) is 46.8 Å². The molecule has 1 heterocycles. The predicted molar refractivity (Wildman–Crippen MR) is 529 cm³/mol. The average Bonchev–Trinajstić information content (AvgIpc) is 0.958. The van der Waals surface area contributed by atoms with E-state index in [0.717, 1.165) is 25.7 Å². The van der Waals surface area contributed by atoms with Crippen molar-refractivity contribution in [1.82, 2.24) is 47.2 Å². The van der Waals surface area contributed by atoms with Gasteiger partial charge in [0.25, 0.3) is 0 Å². The Morgan fingerprint density at radius 3 is 1.38 bits per heavy atom. The number of nitrogens with two attached hydrogens (primary N) is 8. The number of H-pyrrole nitrogens is 1. The smallest absolute Gasteiger partial charge is 0.305 e. The molecular weight excluding hydrogens is 1770 g/mol. The van der Waals surface area contributed by atoms with Crippen LogP contribution in [-0.4, -0.2) is 230 Å². The van der Waals surface area contributed by atoms with Gasteiger partial charge in [-0.3, -0.25) is 77.1 Å². The maximum absolute atomic E-state index is 14.7. The van der Waals surface area contributed by atoms with Gasteiger partial charge in [0, 0.05) is 100 Å². The number of amides is 8. The normalized spacial score (nSPS) is 14.4. The molecule has 0 radical (unpaired) electrons. The zero-order valence-electron chi connectivity index (χ0n) is 82.5. The highest BCUT2D eigenvalue weighted by Crippen LogP contribution is 2.26. The molecule has 0 fully saturated rings. The SMILES string of the molecule is CCCCCCCCCCCCCCCC(=O)N[C@@H](CCCCN)C(=O)N[C@@H](CCCCN)C(=O)C[C@@H](CC(C)C)C(=O)N[C@H](C)CCCN=C(N)N.CSCC[C@H](NC(=O)[C@@H](CO)CC(C)=O)C(=O)C[C@H](C(=O)N[C@@H](CC(=O)O)C(=O)C[C@@H](CCCCN)C(=O)N[C@@H](Cc1ccc(O)cc1)C(=O)C[C@@H](CCCN=C(N)N)C(=O)N[C@@H](CC(C)C)C(=O)C[C@@H](Cc1cnc[nH]1)C(N)=O)[C@@H](C)O. The van der Waals surface area contributed by atoms with Gasteiger partial charge in [0.2, 0.25) is 47.3 Å². The summed E-state index contributed by atoms with van der Waals surface area (Å²) in [5.41, 5.74) is 45.9. The number of phenols is 1. The van der Waals surface area contributed by atoms with Crippen molar-refractivity contribution < 1.29 is 92.3 Å². The van der Waals surface area contributed by atoms with E-state index in [4.69, 9.17) is 45.9 Å². The number of aliphatic hydroxyl groups is 2. The molecule has 0 bridgehead atoms. The van der Waals surface area contributed by atoms with Crippen molar-refractivity contribution >= 4 is 112 Å². The molecule has 0 spiro atoms. The molecule has 0 aliphatic carbocycles. The first kappa shape index (κ1) is 124. The number of rotatable bonds is 80. The van der Waals surface area contributed by atoms with E-state index in [-0.39, 0.29) is 149 Å². The highest BCUT2D eigenvalue weighted by molar-refractivity contribution is 7.98. The van der Waals surface area contributed by atoms with Crippen LogP contribution in [0.25, 0.3) is 0 Å². The Labute approximate surface area is 809 Å². The summed E-state index contributed by atoms with van der Waals surface area (Å²) in [5, 5.41) is 60.0. The number of hydrogen-bond donors (Lipinski definition) is 20. The van der Waals surface area contributed by atoms with Gasteiger partial charge in [0.1, 0.15) is 17.6 Å². The Kier molecular flexibility index (Phi) is 67.0. The van der Waals surface area contributed by atoms with E-state index in [9.17, 15) is 92.3 Å². The van der Waals surface area contributed by atoms with Crippen LogP contribution in [0.5, 0.6) is 5.75 Å². The topological polar surface area (TPSA) is 683 Å². The molecule has 39 heteroatoms. The van der Waals surface area contributed by atoms with Gasteiger partial charge in [0.05, 0.1) is 73.4 Å². The third-order valence-electron chi connectivity index (χ3n) is 23.7. The number of primary amides is 1. The van der Waals surface area contributed by atoms with Crippen molar-refractivity contribution in [1.29, 1.82) is 0 Å². The van der Waals surface area contributed by atoms with E-state index in [1.165, 1.54) is 127 Å². The second kappa shape index (κ2) is 73.4. The number of aromatic nitrogens is 2. The number of thioether (sulfide) groups is 1. The lowest BCUT2D eigenvalue weighted by Crippen LogP contribution is -2.52. The number of hydrogen-bond acceptors (Lipinski definition) is 25. The van der Waals surface area contributed by atoms with Gasteiger partial charge in [-0.25, -0.2) is 4.98 Å². The van der Waals surface area contributed by atoms with Crippen molar-refractivity contribution in [3.63, 3.8) is 0 Å². The van der Waals surface area contributed by atoms with Crippen LogP contribution in [-0.2, 0) is 84.8 Å². The number of ketones is 6. The van der Waals surface area contributed by atoms with Crippen LogP contribution in [0.3, 0.4) is 0 Å². The molecule has 2 rings (SSSR count). The van der Waals surface area contributed by atoms with Gasteiger partial charge in [-0.2, -0.15) is 11.8 Å². The molecule has 1 aromatic carbocycles. The summed E-state index contributed by atoms with van der Waals surface area (Å²) in [6, 6.07) is -1.43. The summed E-state index contributed by atoms with van der Waals surface area (Å²) in [5.74, 6) is -16.2. The molecule has 136 heavy (non-hydrogen) atoms. The van der Waals surface area contributed by atoms with Gasteiger partial charge >= 0.3 is 5.97 Å². The van der Waals surface area contributed by atoms with Crippen molar-refractivity contribution in [3.05, 3.63) is 48.0 Å². The molecule has 38 nitrogen and oxygen atoms in total. The molecule has 2 aromatic rings. The summed E-state index contributed by atoms with van der Waals surface area (Å²) in [4.78, 5) is 218. The van der Waals surface area contributed by atoms with Crippen molar-refractivity contribution in [2.45, 2.75) is 354 Å². The largest absolute Gasteiger partial charge is 0.508 e. The van der Waals surface area contributed by atoms with Crippen LogP contribution < -0.4 is 83.1 Å². The Morgan fingerprint density at radius 1 is 0.441 bits per heavy atom. The molecular formula is C97H169N19O19S. The molecule has 0 saturated carbocycles. The number of aliphatic imine (C=N–C) groups is 2. The second-order valence-corrected chi connectivity index (χ2v) is 38.0. The molecule has 28 N–H and O–H groups in total. The first-order valence-corrected chi connectivity index (χ1v) is 50.5. The van der Waals surface area contributed by atoms with Crippen molar-refractivity contribution in [2.75, 3.05) is 51.3 Å². The summed E-state index contributed by atoms with van der Waals surface area (Å²) >= 11 is 1.34. The summed E-state index contributed by atoms with van der Waals surface area (Å²) < 4.78 is 0. The van der Waals surface area contributed by atoms with E-state index >= 15 is 0 Å². The Morgan fingerprint density at radius 2 is 0.882 bits per heavy atom. The molecule has 0 aliphatic rings. The number of benzene rings is 1. The monoisotopic (exact) mass is 1940 g/mol. The molecule has 772 valence electrons. The third-order valence-corrected chi connectivity index (χ3v) is 24.3. The summed E-state index contributed by atoms with van der Waals surface area (Å²) in [7, 11) is 0. The minimum Gasteiger partial charge on any atom is -0.508 e. The number of aromatic hydroxyl groups is 1. The number of aliphatic hydroxyl groups excluding tert-OH is 2. The van der Waals surface area contributed by atoms with Gasteiger partial charge in [0.15, 0.2) is 40.8 Å². The lowest BCUT2D eigenvalue weighted by atomic mass is 9.88. The first-order chi connectivity index (χ1) is 64.6. The number of nitrogens with zero attached hydrogens (tertiary/aromatic N) is 3. The predicted octanol–water partition coefficient (Wildman–Crippen LogP) is 5.93. The zero-order valence-corrected chi connectivity index (χ0v) is 83.3. The molecule has 0 unspecified atom stereocenters. The number of phenolic OH excluding ortho intramolecular Hbond substituents is 1. The minimum atomic E-state index is -1.80. The highest BCUT2D eigenvalue weighted by Gasteiger charge is 2.39. The fourth-order valence-electron chi connectivity index (χ4n) is 15.9. The van der Waals surface area contributed by atoms with Crippen LogP contribution in [0.2, 0.25) is 0 Å². The summed E-state index contributed by atoms with van der Waals surface area (Å²) in [6.45, 7) is 15.3. The minimum absolute atomic E-state index is 0.0139. The fourth-order valence-corrected chi connectivity index (χ4v) is 16.4. The number of carboxylic acids is 1. The van der Waals surface area contributed by atoms with Crippen molar-refractivity contribution in [3.8, 4) is 5.75 Å². The zero-order chi connectivity index (χ0) is 102. The molecule has 0 saturated heterocycles. The second-order valence-electron chi connectivity index (χ2n) is 37.0. The van der Waals surface area contributed by atoms with Crippen LogP contribution in [0, 0.1) is 47.3 Å². The number of carboxylic acid groups (broad SMARTS) is 1. The van der Waals surface area contributed by atoms with Gasteiger partial charge < -0.3 is 113 Å². The average molecular weight is 1940 g/mol. The first-order valence-electron chi connectivity index (χ1n) is 49.1. The standard InChI is InChI=1S/C56H87N11O15S.C41H82N8O4/c1-31(2)19-43(48(74)25-37(51(58)78)22-39-28-61-30-63-39)65-53(80)36(10-8-17-62-56(59)60)24-46(72)44(21-34-11-13-40(71)14-12-34)66-52(79)35(9-6-7-16-57)23-47(73)45(27-50(76)77)67-55(82)41(33(4)70)26-49(75)42(15-18-83-5)64-54(81)38(29-68)20-32(3)69;1-5-6-7-8-9-10-11-12-13-14-15-16-17-26-38(51)48-36(25-19-21-28-43)40(53)49-35(24-18-20-27-42)37(50)31-34(30-32(2)3)39(52)47-33(4)23-22-29-46-41(44)45/h11-14,28,30-31,33,35-38,41-45,68,70-71H,6-10,15-27,29,57H2,1-5H3,(H2,58,78)(H,61,63)(H,64,81)(H,65,80)(H,66,79)(H,67,82)(H,76,77)(H4,59,60,62);32-36H,5-31,42-43H2,1-4H3,(H,47,52)(H,48,51)(H,49,53)(H4,44,45,46)/t33-,35-,36-,37-,38-,41+,42+,43+,44+,45+;33-,34-,35+,36+/m11/s1. The number of unbranched alkanes of at least 4 members (excludes halogenated alkanes) is 15. The maximum atomic E-state index is 14.7. The molecule has 14 atom stereocenters. The quantitative estimate of drug-likeness (QED) is 0.0207. The lowest BCUT2D eigenvalue weighted by Gasteiger charge is -2.27. The Hall–Kier alpha value is -9.83. The number of carbonyl (C=O) groups is 15. The van der Waals surface area contributed by atoms with Gasteiger partial charge in [-0.05, 0) is 191 Å². The van der Waals surface area contributed by atoms with E-state index in [2.05, 4.69) is 64.1 Å². The molecule has 8 amide bonds. The van der Waals surface area contributed by atoms with Gasteiger partial charge in [-0.15, -0.1) is 0 Å². The third kappa shape index (κ3) is 57.4. The molecule has 0 aliphatic heterocycles. The van der Waals surface area contributed by atoms with E-state index in [1.807, 2.05) is 34.6 Å². The van der Waals surface area contributed by atoms with Crippen LogP contribution >= 0.6 is 11.8 Å². The number of nitrogens with one attached hydrogen (secondary N) is 8. The number of Topliss-reactive ketones (excluding diaryl/α,β-unsaturated/α-hetero) is 6. The van der Waals surface area contributed by atoms with E-state index in [0.29, 0.717) is 101 Å². The van der Waals surface area contributed by atoms with Crippen molar-refractivity contribution in [2.24, 2.45) is 103 Å². The fraction of sp³-hybridized carbons (Fsp3) is 0.732. The Balaban J connectivity index is 0.00000150. The van der Waals surface area contributed by atoms with Crippen LogP contribution in [0.1, 0.15) is 304 Å². The number of aliphatic carboxylic acids is 1. The summed E-state index contributed by atoms with van der Waals surface area (Å²) in [6.07, 6.45) is 22.6. The lowest BCUT2D eigenvalue weighted by molar-refractivity contribution is -0.142. The van der Waals surface area contributed by atoms with Crippen LogP contribution in [0.4, 0.5) is 0 Å². The molecule has 1 aromatic heterocycles.